The Hall–Kier alpha value is -1.76. The van der Waals surface area contributed by atoms with Gasteiger partial charge in [0.05, 0.1) is 13.7 Å². The van der Waals surface area contributed by atoms with Crippen molar-refractivity contribution in [3.63, 3.8) is 0 Å². The fourth-order valence-electron chi connectivity index (χ4n) is 1.92. The van der Waals surface area contributed by atoms with Crippen molar-refractivity contribution in [1.29, 1.82) is 0 Å². The minimum absolute atomic E-state index is 0.00292. The Bertz CT molecular complexity index is 628. The number of hydrogen-bond acceptors (Lipinski definition) is 3. The molecule has 22 heavy (non-hydrogen) atoms. The Morgan fingerprint density at radius 3 is 2.45 bits per heavy atom. The van der Waals surface area contributed by atoms with Crippen LogP contribution in [0.3, 0.4) is 0 Å². The van der Waals surface area contributed by atoms with Gasteiger partial charge in [-0.2, -0.15) is 0 Å². The largest absolute Gasteiger partial charge is 0.497 e. The van der Waals surface area contributed by atoms with Gasteiger partial charge in [-0.15, -0.1) is 0 Å². The standard InChI is InChI=1S/C17H18INO3/c1-19(17(20)13-4-3-5-14(18)12-13)10-11-22-16-8-6-15(21-2)7-9-16/h3-9,12H,10-11H2,1-2H3. The van der Waals surface area contributed by atoms with Crippen molar-refractivity contribution in [3.05, 3.63) is 57.7 Å². The Kier molecular flexibility index (Phi) is 6.06. The summed E-state index contributed by atoms with van der Waals surface area (Å²) in [7, 11) is 3.40. The Morgan fingerprint density at radius 1 is 1.14 bits per heavy atom. The van der Waals surface area contributed by atoms with Crippen LogP contribution < -0.4 is 9.47 Å². The second kappa shape index (κ2) is 8.03. The van der Waals surface area contributed by atoms with E-state index in [9.17, 15) is 4.79 Å². The monoisotopic (exact) mass is 411 g/mol. The lowest BCUT2D eigenvalue weighted by molar-refractivity contribution is 0.0773. The van der Waals surface area contributed by atoms with Crippen LogP contribution in [0.15, 0.2) is 48.5 Å². The number of hydrogen-bond donors (Lipinski definition) is 0. The maximum atomic E-state index is 12.3. The summed E-state index contributed by atoms with van der Waals surface area (Å²) in [5.41, 5.74) is 0.693. The summed E-state index contributed by atoms with van der Waals surface area (Å²) >= 11 is 2.20. The minimum atomic E-state index is -0.00292. The van der Waals surface area contributed by atoms with Crippen LogP contribution in [-0.2, 0) is 0 Å². The average Bonchev–Trinajstić information content (AvgIpc) is 2.54. The number of methoxy groups -OCH3 is 1. The summed E-state index contributed by atoms with van der Waals surface area (Å²) in [6.45, 7) is 0.967. The van der Waals surface area contributed by atoms with Gasteiger partial charge in [0.1, 0.15) is 18.1 Å². The molecule has 0 spiro atoms. The fourth-order valence-corrected chi connectivity index (χ4v) is 2.46. The van der Waals surface area contributed by atoms with Crippen LogP contribution in [0.1, 0.15) is 10.4 Å². The van der Waals surface area contributed by atoms with Gasteiger partial charge in [-0.1, -0.05) is 6.07 Å². The van der Waals surface area contributed by atoms with Crippen LogP contribution in [0.25, 0.3) is 0 Å². The van der Waals surface area contributed by atoms with Crippen molar-refractivity contribution in [2.75, 3.05) is 27.3 Å². The molecule has 2 aromatic rings. The van der Waals surface area contributed by atoms with E-state index in [-0.39, 0.29) is 5.91 Å². The number of rotatable bonds is 6. The molecule has 2 rings (SSSR count). The van der Waals surface area contributed by atoms with E-state index < -0.39 is 0 Å². The molecule has 0 aliphatic carbocycles. The van der Waals surface area contributed by atoms with Crippen LogP contribution >= 0.6 is 22.6 Å². The summed E-state index contributed by atoms with van der Waals surface area (Å²) in [5, 5.41) is 0. The van der Waals surface area contributed by atoms with Gasteiger partial charge in [0, 0.05) is 16.2 Å². The highest BCUT2D eigenvalue weighted by Crippen LogP contribution is 2.17. The number of amides is 1. The quantitative estimate of drug-likeness (QED) is 0.684. The molecule has 4 nitrogen and oxygen atoms in total. The number of likely N-dealkylation sites (N-methyl/N-ethyl adjacent to an activating group) is 1. The summed E-state index contributed by atoms with van der Waals surface area (Å²) in [5.74, 6) is 1.55. The lowest BCUT2D eigenvalue weighted by Gasteiger charge is -2.17. The van der Waals surface area contributed by atoms with Gasteiger partial charge in [-0.3, -0.25) is 4.79 Å². The first-order chi connectivity index (χ1) is 10.6. The molecule has 0 bridgehead atoms. The van der Waals surface area contributed by atoms with E-state index in [0.717, 1.165) is 15.1 Å². The van der Waals surface area contributed by atoms with Crippen molar-refractivity contribution in [1.82, 2.24) is 4.90 Å². The molecule has 0 saturated carbocycles. The maximum absolute atomic E-state index is 12.3. The first-order valence-electron chi connectivity index (χ1n) is 6.88. The molecule has 0 N–H and O–H groups in total. The summed E-state index contributed by atoms with van der Waals surface area (Å²) in [6.07, 6.45) is 0. The third-order valence-corrected chi connectivity index (χ3v) is 3.84. The first-order valence-corrected chi connectivity index (χ1v) is 7.96. The zero-order chi connectivity index (χ0) is 15.9. The maximum Gasteiger partial charge on any atom is 0.253 e. The Morgan fingerprint density at radius 2 is 1.82 bits per heavy atom. The zero-order valence-electron chi connectivity index (χ0n) is 12.6. The van der Waals surface area contributed by atoms with E-state index in [1.807, 2.05) is 48.5 Å². The van der Waals surface area contributed by atoms with Gasteiger partial charge in [-0.05, 0) is 65.1 Å². The second-order valence-corrected chi connectivity index (χ2v) is 6.01. The number of carbonyl (C=O) groups excluding carboxylic acids is 1. The number of halogens is 1. The van der Waals surface area contributed by atoms with E-state index in [2.05, 4.69) is 22.6 Å². The van der Waals surface area contributed by atoms with Crippen LogP contribution in [0.5, 0.6) is 11.5 Å². The lowest BCUT2D eigenvalue weighted by atomic mass is 10.2. The van der Waals surface area contributed by atoms with E-state index in [4.69, 9.17) is 9.47 Å². The molecule has 0 aromatic heterocycles. The minimum Gasteiger partial charge on any atom is -0.497 e. The van der Waals surface area contributed by atoms with Crippen molar-refractivity contribution in [2.24, 2.45) is 0 Å². The van der Waals surface area contributed by atoms with E-state index in [1.165, 1.54) is 0 Å². The van der Waals surface area contributed by atoms with Gasteiger partial charge >= 0.3 is 0 Å². The molecule has 0 saturated heterocycles. The molecule has 0 fully saturated rings. The molecule has 2 aromatic carbocycles. The molecule has 116 valence electrons. The molecule has 0 atom stereocenters. The highest BCUT2D eigenvalue weighted by atomic mass is 127. The average molecular weight is 411 g/mol. The summed E-state index contributed by atoms with van der Waals surface area (Å²) < 4.78 is 11.8. The Balaban J connectivity index is 1.84. The topological polar surface area (TPSA) is 38.8 Å². The van der Waals surface area contributed by atoms with Gasteiger partial charge in [-0.25, -0.2) is 0 Å². The SMILES string of the molecule is COc1ccc(OCCN(C)C(=O)c2cccc(I)c2)cc1. The molecule has 0 heterocycles. The highest BCUT2D eigenvalue weighted by molar-refractivity contribution is 14.1. The lowest BCUT2D eigenvalue weighted by Crippen LogP contribution is -2.30. The predicted octanol–water partition coefficient (Wildman–Crippen LogP) is 3.45. The summed E-state index contributed by atoms with van der Waals surface area (Å²) in [4.78, 5) is 13.9. The van der Waals surface area contributed by atoms with Gasteiger partial charge in [0.2, 0.25) is 0 Å². The summed E-state index contributed by atoms with van der Waals surface area (Å²) in [6, 6.07) is 14.9. The van der Waals surface area contributed by atoms with Crippen LogP contribution in [0.2, 0.25) is 0 Å². The van der Waals surface area contributed by atoms with Gasteiger partial charge in [0.25, 0.3) is 5.91 Å². The molecule has 1 amide bonds. The fraction of sp³-hybridized carbons (Fsp3) is 0.235. The van der Waals surface area contributed by atoms with E-state index in [1.54, 1.807) is 19.1 Å². The third-order valence-electron chi connectivity index (χ3n) is 3.17. The van der Waals surface area contributed by atoms with Crippen LogP contribution in [0, 0.1) is 3.57 Å². The molecular formula is C17H18INO3. The third kappa shape index (κ3) is 4.62. The Labute approximate surface area is 144 Å². The van der Waals surface area contributed by atoms with E-state index in [0.29, 0.717) is 18.7 Å². The predicted molar refractivity (Wildman–Crippen MR) is 94.6 cm³/mol. The molecule has 0 radical (unpaired) electrons. The number of carbonyl (C=O) groups is 1. The van der Waals surface area contributed by atoms with Crippen LogP contribution in [-0.4, -0.2) is 38.1 Å². The van der Waals surface area contributed by atoms with Crippen molar-refractivity contribution in [3.8, 4) is 11.5 Å². The van der Waals surface area contributed by atoms with Crippen LogP contribution in [0.4, 0.5) is 0 Å². The zero-order valence-corrected chi connectivity index (χ0v) is 14.7. The second-order valence-electron chi connectivity index (χ2n) is 4.76. The number of ether oxygens (including phenoxy) is 2. The number of nitrogens with zero attached hydrogens (tertiary/aromatic N) is 1. The molecule has 0 unspecified atom stereocenters. The highest BCUT2D eigenvalue weighted by Gasteiger charge is 2.11. The van der Waals surface area contributed by atoms with Crippen molar-refractivity contribution < 1.29 is 14.3 Å². The first kappa shape index (κ1) is 16.6. The van der Waals surface area contributed by atoms with Crippen molar-refractivity contribution >= 4 is 28.5 Å². The molecule has 0 aliphatic rings. The normalized spacial score (nSPS) is 10.1. The van der Waals surface area contributed by atoms with Crippen molar-refractivity contribution in [2.45, 2.75) is 0 Å². The van der Waals surface area contributed by atoms with Gasteiger partial charge in [0.15, 0.2) is 0 Å². The van der Waals surface area contributed by atoms with E-state index >= 15 is 0 Å². The molecule has 5 heteroatoms. The molecule has 0 aliphatic heterocycles. The smallest absolute Gasteiger partial charge is 0.253 e. The molecular weight excluding hydrogens is 393 g/mol. The van der Waals surface area contributed by atoms with Gasteiger partial charge < -0.3 is 14.4 Å². The number of benzene rings is 2.